The predicted molar refractivity (Wildman–Crippen MR) is 84.8 cm³/mol. The van der Waals surface area contributed by atoms with E-state index in [0.29, 0.717) is 28.8 Å². The number of rotatable bonds is 5. The molecule has 6 heteroatoms. The molecule has 2 aromatic carbocycles. The lowest BCUT2D eigenvalue weighted by molar-refractivity contribution is -0.116. The number of ether oxygens (including phenoxy) is 1. The van der Waals surface area contributed by atoms with Crippen LogP contribution in [0.5, 0.6) is 5.75 Å². The fourth-order valence-electron chi connectivity index (χ4n) is 2.53. The summed E-state index contributed by atoms with van der Waals surface area (Å²) in [6.45, 7) is 3.07. The van der Waals surface area contributed by atoms with Gasteiger partial charge in [-0.2, -0.15) is 0 Å². The van der Waals surface area contributed by atoms with Crippen molar-refractivity contribution < 1.29 is 23.1 Å². The molecule has 0 N–H and O–H groups in total. The van der Waals surface area contributed by atoms with Crippen molar-refractivity contribution in [1.29, 1.82) is 0 Å². The summed E-state index contributed by atoms with van der Waals surface area (Å²) in [4.78, 5) is 24.9. The highest BCUT2D eigenvalue weighted by Crippen LogP contribution is 2.26. The molecular weight excluding hydrogens is 316 g/mol. The Balaban J connectivity index is 2.40. The maximum absolute atomic E-state index is 13.8. The van der Waals surface area contributed by atoms with Crippen molar-refractivity contribution >= 4 is 12.3 Å². The third-order valence-corrected chi connectivity index (χ3v) is 3.82. The van der Waals surface area contributed by atoms with E-state index in [2.05, 4.69) is 0 Å². The van der Waals surface area contributed by atoms with Gasteiger partial charge in [0.1, 0.15) is 5.75 Å². The molecule has 0 aromatic heterocycles. The van der Waals surface area contributed by atoms with E-state index in [1.54, 1.807) is 26.0 Å². The van der Waals surface area contributed by atoms with Crippen LogP contribution >= 0.6 is 0 Å². The zero-order valence-corrected chi connectivity index (χ0v) is 13.6. The van der Waals surface area contributed by atoms with Crippen molar-refractivity contribution in [1.82, 2.24) is 4.90 Å². The number of methoxy groups -OCH3 is 1. The van der Waals surface area contributed by atoms with Crippen LogP contribution in [0.25, 0.3) is 0 Å². The summed E-state index contributed by atoms with van der Waals surface area (Å²) >= 11 is 0. The summed E-state index contributed by atoms with van der Waals surface area (Å²) in [5, 5.41) is 0. The number of imide groups is 1. The molecule has 4 nitrogen and oxygen atoms in total. The Morgan fingerprint density at radius 1 is 1.21 bits per heavy atom. The fourth-order valence-corrected chi connectivity index (χ4v) is 2.53. The van der Waals surface area contributed by atoms with E-state index in [-0.39, 0.29) is 12.1 Å². The minimum Gasteiger partial charge on any atom is -0.496 e. The van der Waals surface area contributed by atoms with E-state index in [9.17, 15) is 18.4 Å². The highest BCUT2D eigenvalue weighted by Gasteiger charge is 2.23. The van der Waals surface area contributed by atoms with Gasteiger partial charge in [0.05, 0.1) is 13.7 Å². The van der Waals surface area contributed by atoms with Crippen LogP contribution < -0.4 is 4.74 Å². The molecule has 0 heterocycles. The van der Waals surface area contributed by atoms with Crippen LogP contribution in [0.1, 0.15) is 27.0 Å². The molecule has 0 aliphatic carbocycles. The smallest absolute Gasteiger partial charge is 0.261 e. The number of hydrogen-bond acceptors (Lipinski definition) is 3. The summed E-state index contributed by atoms with van der Waals surface area (Å²) in [6.07, 6.45) is 0.311. The number of carbonyl (C=O) groups is 2. The Morgan fingerprint density at radius 2 is 1.92 bits per heavy atom. The van der Waals surface area contributed by atoms with Gasteiger partial charge in [-0.25, -0.2) is 8.78 Å². The summed E-state index contributed by atoms with van der Waals surface area (Å²) < 4.78 is 32.3. The quantitative estimate of drug-likeness (QED) is 0.788. The van der Waals surface area contributed by atoms with E-state index in [1.165, 1.54) is 19.2 Å². The zero-order valence-electron chi connectivity index (χ0n) is 13.6. The lowest BCUT2D eigenvalue weighted by Gasteiger charge is -2.20. The normalized spacial score (nSPS) is 10.4. The topological polar surface area (TPSA) is 46.6 Å². The molecule has 24 heavy (non-hydrogen) atoms. The monoisotopic (exact) mass is 333 g/mol. The van der Waals surface area contributed by atoms with Gasteiger partial charge in [0, 0.05) is 16.7 Å². The predicted octanol–water partition coefficient (Wildman–Crippen LogP) is 3.39. The average Bonchev–Trinajstić information content (AvgIpc) is 2.56. The maximum Gasteiger partial charge on any atom is 0.261 e. The highest BCUT2D eigenvalue weighted by molar-refractivity contribution is 6.02. The van der Waals surface area contributed by atoms with E-state index < -0.39 is 17.5 Å². The number of benzene rings is 2. The van der Waals surface area contributed by atoms with Gasteiger partial charge in [0.15, 0.2) is 11.6 Å². The summed E-state index contributed by atoms with van der Waals surface area (Å²) in [5.74, 6) is -2.19. The van der Waals surface area contributed by atoms with Gasteiger partial charge >= 0.3 is 0 Å². The van der Waals surface area contributed by atoms with E-state index in [4.69, 9.17) is 4.74 Å². The molecule has 0 fully saturated rings. The maximum atomic E-state index is 13.8. The molecule has 0 atom stereocenters. The largest absolute Gasteiger partial charge is 0.496 e. The van der Waals surface area contributed by atoms with Crippen LogP contribution in [0.3, 0.4) is 0 Å². The van der Waals surface area contributed by atoms with Crippen LogP contribution in [-0.4, -0.2) is 24.3 Å². The second-order valence-corrected chi connectivity index (χ2v) is 5.34. The molecule has 0 spiro atoms. The third-order valence-electron chi connectivity index (χ3n) is 3.82. The fraction of sp³-hybridized carbons (Fsp3) is 0.222. The molecule has 0 radical (unpaired) electrons. The van der Waals surface area contributed by atoms with Crippen LogP contribution in [0.15, 0.2) is 30.3 Å². The Hall–Kier alpha value is -2.76. The molecular formula is C18H17F2NO3. The molecule has 0 saturated carbocycles. The van der Waals surface area contributed by atoms with Crippen molar-refractivity contribution in [3.63, 3.8) is 0 Å². The van der Waals surface area contributed by atoms with E-state index in [0.717, 1.165) is 11.0 Å². The second kappa shape index (κ2) is 7.21. The molecule has 126 valence electrons. The molecule has 0 bridgehead atoms. The first kappa shape index (κ1) is 17.6. The Kier molecular flexibility index (Phi) is 5.28. The number of carbonyl (C=O) groups excluding carboxylic acids is 2. The number of nitrogens with zero attached hydrogens (tertiary/aromatic N) is 1. The first-order chi connectivity index (χ1) is 11.4. The third kappa shape index (κ3) is 3.27. The van der Waals surface area contributed by atoms with Crippen molar-refractivity contribution in [2.24, 2.45) is 0 Å². The first-order valence-electron chi connectivity index (χ1n) is 7.24. The Labute approximate surface area is 138 Å². The number of halogens is 2. The molecule has 0 aliphatic rings. The number of amides is 2. The summed E-state index contributed by atoms with van der Waals surface area (Å²) in [6, 6.07) is 7.04. The van der Waals surface area contributed by atoms with Gasteiger partial charge in [-0.15, -0.1) is 0 Å². The molecule has 0 saturated heterocycles. The molecule has 0 aliphatic heterocycles. The van der Waals surface area contributed by atoms with E-state index in [1.807, 2.05) is 0 Å². The van der Waals surface area contributed by atoms with Gasteiger partial charge in [0.25, 0.3) is 5.91 Å². The van der Waals surface area contributed by atoms with Crippen LogP contribution in [-0.2, 0) is 11.3 Å². The number of hydrogen-bond donors (Lipinski definition) is 0. The minimum absolute atomic E-state index is 0.0753. The molecule has 2 aromatic rings. The summed E-state index contributed by atoms with van der Waals surface area (Å²) in [5.41, 5.74) is 1.46. The van der Waals surface area contributed by atoms with E-state index >= 15 is 0 Å². The summed E-state index contributed by atoms with van der Waals surface area (Å²) in [7, 11) is 1.48. The molecule has 0 unspecified atom stereocenters. The van der Waals surface area contributed by atoms with Gasteiger partial charge in [-0.1, -0.05) is 18.2 Å². The van der Waals surface area contributed by atoms with Gasteiger partial charge in [-0.3, -0.25) is 14.5 Å². The lowest BCUT2D eigenvalue weighted by atomic mass is 10.0. The standard InChI is InChI=1S/C18H17F2NO3/c1-11-7-8-15(24-3)12(2)16(11)18(23)21(10-22)9-13-5-4-6-14(19)17(13)20/h4-8,10H,9H2,1-3H3. The second-order valence-electron chi connectivity index (χ2n) is 5.34. The number of aryl methyl sites for hydroxylation is 1. The highest BCUT2D eigenvalue weighted by atomic mass is 19.2. The van der Waals surface area contributed by atoms with Gasteiger partial charge in [-0.05, 0) is 31.5 Å². The molecule has 2 rings (SSSR count). The Bertz CT molecular complexity index is 790. The van der Waals surface area contributed by atoms with Crippen molar-refractivity contribution in [2.45, 2.75) is 20.4 Å². The SMILES string of the molecule is COc1ccc(C)c(C(=O)N(C=O)Cc2cccc(F)c2F)c1C. The van der Waals surface area contributed by atoms with Crippen molar-refractivity contribution in [3.8, 4) is 5.75 Å². The van der Waals surface area contributed by atoms with Crippen LogP contribution in [0.2, 0.25) is 0 Å². The van der Waals surface area contributed by atoms with Crippen molar-refractivity contribution in [2.75, 3.05) is 7.11 Å². The van der Waals surface area contributed by atoms with Crippen molar-refractivity contribution in [3.05, 3.63) is 64.2 Å². The van der Waals surface area contributed by atoms with Crippen LogP contribution in [0, 0.1) is 25.5 Å². The zero-order chi connectivity index (χ0) is 17.9. The Morgan fingerprint density at radius 3 is 2.54 bits per heavy atom. The lowest BCUT2D eigenvalue weighted by Crippen LogP contribution is -2.31. The van der Waals surface area contributed by atoms with Gasteiger partial charge < -0.3 is 4.74 Å². The van der Waals surface area contributed by atoms with Crippen LogP contribution in [0.4, 0.5) is 8.78 Å². The molecule has 2 amide bonds. The average molecular weight is 333 g/mol. The van der Waals surface area contributed by atoms with Gasteiger partial charge in [0.2, 0.25) is 6.41 Å². The minimum atomic E-state index is -1.07. The first-order valence-corrected chi connectivity index (χ1v) is 7.24.